The largest absolute Gasteiger partial charge is 0.488 e. The Hall–Kier alpha value is -3.48. The molecule has 0 aliphatic carbocycles. The predicted molar refractivity (Wildman–Crippen MR) is 96.1 cm³/mol. The normalized spacial score (nSPS) is 10.3. The summed E-state index contributed by atoms with van der Waals surface area (Å²) in [5.74, 6) is -1.60. The van der Waals surface area contributed by atoms with E-state index in [1.165, 1.54) is 18.4 Å². The first-order valence-corrected chi connectivity index (χ1v) is 7.79. The van der Waals surface area contributed by atoms with Crippen molar-refractivity contribution >= 4 is 18.0 Å². The van der Waals surface area contributed by atoms with E-state index in [1.54, 1.807) is 42.5 Å². The molecule has 0 aromatic heterocycles. The highest BCUT2D eigenvalue weighted by atomic mass is 19.1. The first kappa shape index (κ1) is 18.9. The van der Waals surface area contributed by atoms with E-state index in [1.807, 2.05) is 0 Å². The van der Waals surface area contributed by atoms with Crippen LogP contribution in [0.15, 0.2) is 66.3 Å². The molecule has 0 heterocycles. The maximum absolute atomic E-state index is 13.7. The van der Waals surface area contributed by atoms with Gasteiger partial charge in [-0.2, -0.15) is 5.10 Å². The molecular formula is C19H18FN3O3. The van der Waals surface area contributed by atoms with E-state index in [0.717, 1.165) is 0 Å². The average Bonchev–Trinajstić information content (AvgIpc) is 2.66. The Kier molecular flexibility index (Phi) is 7.05. The first-order chi connectivity index (χ1) is 12.6. The number of benzene rings is 2. The second kappa shape index (κ2) is 9.73. The van der Waals surface area contributed by atoms with Gasteiger partial charge in [0.25, 0.3) is 0 Å². The van der Waals surface area contributed by atoms with Gasteiger partial charge in [0.15, 0.2) is 0 Å². The van der Waals surface area contributed by atoms with Crippen molar-refractivity contribution in [1.29, 1.82) is 0 Å². The van der Waals surface area contributed by atoms with Crippen LogP contribution in [0.4, 0.5) is 4.39 Å². The standard InChI is InChI=1S/C19H18FN3O3/c1-2-11-21-18(24)19(25)23-22-12-14-7-4-6-10-17(14)26-13-15-8-3-5-9-16(15)20/h2-10,12H,1,11,13H2,(H,21,24)(H,23,25)/b22-12-. The van der Waals surface area contributed by atoms with Crippen LogP contribution in [0.2, 0.25) is 0 Å². The highest BCUT2D eigenvalue weighted by molar-refractivity contribution is 6.35. The molecule has 0 bridgehead atoms. The number of rotatable bonds is 7. The SMILES string of the molecule is C=CCNC(=O)C(=O)N/N=C\c1ccccc1OCc1ccccc1F. The van der Waals surface area contributed by atoms with E-state index >= 15 is 0 Å². The minimum Gasteiger partial charge on any atom is -0.488 e. The maximum atomic E-state index is 13.7. The third kappa shape index (κ3) is 5.55. The molecule has 2 aromatic rings. The summed E-state index contributed by atoms with van der Waals surface area (Å²) in [7, 11) is 0. The fraction of sp³-hybridized carbons (Fsp3) is 0.105. The molecule has 0 aliphatic rings. The van der Waals surface area contributed by atoms with E-state index in [-0.39, 0.29) is 19.0 Å². The van der Waals surface area contributed by atoms with Crippen LogP contribution in [-0.4, -0.2) is 24.6 Å². The van der Waals surface area contributed by atoms with E-state index in [9.17, 15) is 14.0 Å². The van der Waals surface area contributed by atoms with Gasteiger partial charge in [-0.15, -0.1) is 6.58 Å². The maximum Gasteiger partial charge on any atom is 0.329 e. The van der Waals surface area contributed by atoms with E-state index in [4.69, 9.17) is 4.74 Å². The summed E-state index contributed by atoms with van der Waals surface area (Å²) in [6.45, 7) is 3.67. The van der Waals surface area contributed by atoms with Gasteiger partial charge >= 0.3 is 11.8 Å². The third-order valence-corrected chi connectivity index (χ3v) is 3.24. The zero-order chi connectivity index (χ0) is 18.8. The van der Waals surface area contributed by atoms with Crippen molar-refractivity contribution in [2.45, 2.75) is 6.61 Å². The minimum atomic E-state index is -0.896. The summed E-state index contributed by atoms with van der Waals surface area (Å²) >= 11 is 0. The van der Waals surface area contributed by atoms with Crippen molar-refractivity contribution in [2.75, 3.05) is 6.54 Å². The van der Waals surface area contributed by atoms with Crippen LogP contribution >= 0.6 is 0 Å². The average molecular weight is 355 g/mol. The molecule has 7 heteroatoms. The number of nitrogens with one attached hydrogen (secondary N) is 2. The van der Waals surface area contributed by atoms with Crippen LogP contribution in [0, 0.1) is 5.82 Å². The van der Waals surface area contributed by atoms with Crippen LogP contribution < -0.4 is 15.5 Å². The lowest BCUT2D eigenvalue weighted by Crippen LogP contribution is -2.37. The molecule has 0 aliphatic heterocycles. The molecule has 2 amide bonds. The number of hydrogen-bond acceptors (Lipinski definition) is 4. The lowest BCUT2D eigenvalue weighted by atomic mass is 10.2. The Bertz CT molecular complexity index is 821. The van der Waals surface area contributed by atoms with Crippen LogP contribution in [0.3, 0.4) is 0 Å². The van der Waals surface area contributed by atoms with Gasteiger partial charge in [-0.05, 0) is 18.2 Å². The lowest BCUT2D eigenvalue weighted by Gasteiger charge is -2.09. The molecule has 0 spiro atoms. The number of ether oxygens (including phenoxy) is 1. The van der Waals surface area contributed by atoms with Gasteiger partial charge in [-0.25, -0.2) is 9.82 Å². The highest BCUT2D eigenvalue weighted by Crippen LogP contribution is 2.18. The number of para-hydroxylation sites is 1. The zero-order valence-electron chi connectivity index (χ0n) is 13.9. The van der Waals surface area contributed by atoms with Gasteiger partial charge in [0.1, 0.15) is 18.2 Å². The van der Waals surface area contributed by atoms with Gasteiger partial charge in [-0.1, -0.05) is 36.4 Å². The summed E-state index contributed by atoms with van der Waals surface area (Å²) in [5.41, 5.74) is 3.11. The molecule has 0 radical (unpaired) electrons. The quantitative estimate of drug-likeness (QED) is 0.346. The molecular weight excluding hydrogens is 337 g/mol. The van der Waals surface area contributed by atoms with Gasteiger partial charge in [0.05, 0.1) is 6.21 Å². The molecule has 0 atom stereocenters. The molecule has 0 saturated carbocycles. The summed E-state index contributed by atoms with van der Waals surface area (Å²) in [5, 5.41) is 6.07. The van der Waals surface area contributed by atoms with Crippen LogP contribution in [0.5, 0.6) is 5.75 Å². The Morgan fingerprint density at radius 2 is 1.85 bits per heavy atom. The Labute approximate surface area is 150 Å². The number of hydrazone groups is 1. The minimum absolute atomic E-state index is 0.0494. The highest BCUT2D eigenvalue weighted by Gasteiger charge is 2.10. The van der Waals surface area contributed by atoms with Crippen molar-refractivity contribution in [1.82, 2.24) is 10.7 Å². The van der Waals surface area contributed by atoms with Crippen molar-refractivity contribution in [3.05, 3.63) is 78.1 Å². The molecule has 6 nitrogen and oxygen atoms in total. The molecule has 26 heavy (non-hydrogen) atoms. The third-order valence-electron chi connectivity index (χ3n) is 3.24. The Morgan fingerprint density at radius 1 is 1.12 bits per heavy atom. The smallest absolute Gasteiger partial charge is 0.329 e. The molecule has 134 valence electrons. The first-order valence-electron chi connectivity index (χ1n) is 7.79. The molecule has 0 unspecified atom stereocenters. The van der Waals surface area contributed by atoms with Gasteiger partial charge in [0.2, 0.25) is 0 Å². The van der Waals surface area contributed by atoms with E-state index in [2.05, 4.69) is 22.4 Å². The lowest BCUT2D eigenvalue weighted by molar-refractivity contribution is -0.139. The van der Waals surface area contributed by atoms with Crippen LogP contribution in [0.25, 0.3) is 0 Å². The van der Waals surface area contributed by atoms with E-state index < -0.39 is 11.8 Å². The Morgan fingerprint density at radius 3 is 2.62 bits per heavy atom. The summed E-state index contributed by atoms with van der Waals surface area (Å²) in [6, 6.07) is 13.2. The van der Waals surface area contributed by atoms with Gasteiger partial charge in [-0.3, -0.25) is 9.59 Å². The fourth-order valence-corrected chi connectivity index (χ4v) is 1.95. The number of hydrogen-bond donors (Lipinski definition) is 2. The number of carbonyl (C=O) groups is 2. The van der Waals surface area contributed by atoms with Gasteiger partial charge in [0, 0.05) is 17.7 Å². The molecule has 0 saturated heterocycles. The fourth-order valence-electron chi connectivity index (χ4n) is 1.95. The predicted octanol–water partition coefficient (Wildman–Crippen LogP) is 2.16. The van der Waals surface area contributed by atoms with Crippen molar-refractivity contribution < 1.29 is 18.7 Å². The number of nitrogens with zero attached hydrogens (tertiary/aromatic N) is 1. The zero-order valence-corrected chi connectivity index (χ0v) is 13.9. The van der Waals surface area contributed by atoms with Crippen molar-refractivity contribution in [3.8, 4) is 5.75 Å². The molecule has 2 rings (SSSR count). The van der Waals surface area contributed by atoms with Crippen LogP contribution in [-0.2, 0) is 16.2 Å². The topological polar surface area (TPSA) is 79.8 Å². The monoisotopic (exact) mass is 355 g/mol. The number of carbonyl (C=O) groups excluding carboxylic acids is 2. The second-order valence-electron chi connectivity index (χ2n) is 5.12. The summed E-state index contributed by atoms with van der Waals surface area (Å²) in [6.07, 6.45) is 2.80. The molecule has 0 fully saturated rings. The second-order valence-corrected chi connectivity index (χ2v) is 5.12. The summed E-state index contributed by atoms with van der Waals surface area (Å²) < 4.78 is 19.3. The number of halogens is 1. The van der Waals surface area contributed by atoms with Crippen molar-refractivity contribution in [3.63, 3.8) is 0 Å². The van der Waals surface area contributed by atoms with E-state index in [0.29, 0.717) is 16.9 Å². The molecule has 2 N–H and O–H groups in total. The molecule has 2 aromatic carbocycles. The van der Waals surface area contributed by atoms with Crippen molar-refractivity contribution in [2.24, 2.45) is 5.10 Å². The van der Waals surface area contributed by atoms with Gasteiger partial charge < -0.3 is 10.1 Å². The number of amides is 2. The van der Waals surface area contributed by atoms with Crippen LogP contribution in [0.1, 0.15) is 11.1 Å². The summed E-state index contributed by atoms with van der Waals surface area (Å²) in [4.78, 5) is 22.9. The Balaban J connectivity index is 1.98.